The summed E-state index contributed by atoms with van der Waals surface area (Å²) in [6.45, 7) is 1.02. The van der Waals surface area contributed by atoms with E-state index in [2.05, 4.69) is 39.4 Å². The van der Waals surface area contributed by atoms with E-state index in [1.165, 1.54) is 0 Å². The first-order chi connectivity index (χ1) is 13.1. The minimum absolute atomic E-state index is 0.164. The molecule has 1 N–H and O–H groups in total. The standard InChI is InChI=1S/C20H17BrN4OS/c1-26-17-7-5-14(6-8-17)20(15-3-2-4-16(21)9-15)18-23-11-13(10-22)12-25(18)19(27)24-20/h2-9,13H,11-12H2,1H3,(H,24,27). The van der Waals surface area contributed by atoms with Gasteiger partial charge in [-0.3, -0.25) is 4.99 Å². The molecule has 2 aromatic rings. The van der Waals surface area contributed by atoms with Gasteiger partial charge in [-0.25, -0.2) is 0 Å². The van der Waals surface area contributed by atoms with Gasteiger partial charge in [0, 0.05) is 11.0 Å². The van der Waals surface area contributed by atoms with Crippen molar-refractivity contribution in [1.82, 2.24) is 10.2 Å². The van der Waals surface area contributed by atoms with Gasteiger partial charge in [-0.2, -0.15) is 5.26 Å². The monoisotopic (exact) mass is 440 g/mol. The van der Waals surface area contributed by atoms with Crippen LogP contribution in [-0.2, 0) is 5.54 Å². The Morgan fingerprint density at radius 3 is 2.74 bits per heavy atom. The van der Waals surface area contributed by atoms with Crippen LogP contribution in [0.2, 0.25) is 0 Å². The molecule has 2 atom stereocenters. The van der Waals surface area contributed by atoms with Crippen LogP contribution >= 0.6 is 28.1 Å². The van der Waals surface area contributed by atoms with Crippen LogP contribution in [0.25, 0.3) is 0 Å². The molecule has 0 aliphatic carbocycles. The normalized spacial score (nSPS) is 23.9. The first-order valence-corrected chi connectivity index (χ1v) is 9.73. The number of ether oxygens (including phenoxy) is 1. The largest absolute Gasteiger partial charge is 0.497 e. The quantitative estimate of drug-likeness (QED) is 0.740. The number of fused-ring (bicyclic) bond motifs is 1. The zero-order valence-corrected chi connectivity index (χ0v) is 17.0. The fourth-order valence-electron chi connectivity index (χ4n) is 3.64. The fourth-order valence-corrected chi connectivity index (χ4v) is 4.36. The highest BCUT2D eigenvalue weighted by Crippen LogP contribution is 2.40. The number of methoxy groups -OCH3 is 1. The summed E-state index contributed by atoms with van der Waals surface area (Å²) in [6, 6.07) is 18.4. The van der Waals surface area contributed by atoms with Gasteiger partial charge in [-0.15, -0.1) is 0 Å². The molecule has 2 aliphatic rings. The number of benzene rings is 2. The van der Waals surface area contributed by atoms with Gasteiger partial charge in [-0.05, 0) is 47.6 Å². The van der Waals surface area contributed by atoms with Crippen LogP contribution < -0.4 is 10.1 Å². The van der Waals surface area contributed by atoms with Gasteiger partial charge in [0.2, 0.25) is 0 Å². The Morgan fingerprint density at radius 2 is 2.07 bits per heavy atom. The molecule has 0 amide bonds. The topological polar surface area (TPSA) is 60.6 Å². The minimum Gasteiger partial charge on any atom is -0.497 e. The Hall–Kier alpha value is -2.43. The molecule has 27 heavy (non-hydrogen) atoms. The summed E-state index contributed by atoms with van der Waals surface area (Å²) in [5, 5.41) is 13.4. The van der Waals surface area contributed by atoms with Crippen LogP contribution in [-0.4, -0.2) is 36.0 Å². The summed E-state index contributed by atoms with van der Waals surface area (Å²) in [4.78, 5) is 6.75. The number of nitrogens with one attached hydrogen (secondary N) is 1. The maximum atomic E-state index is 9.33. The Balaban J connectivity index is 1.93. The average Bonchev–Trinajstić information content (AvgIpc) is 3.01. The Kier molecular flexibility index (Phi) is 4.62. The zero-order chi connectivity index (χ0) is 19.0. The van der Waals surface area contributed by atoms with E-state index in [1.807, 2.05) is 41.3 Å². The maximum absolute atomic E-state index is 9.33. The smallest absolute Gasteiger partial charge is 0.175 e. The van der Waals surface area contributed by atoms with Gasteiger partial charge in [0.1, 0.15) is 17.1 Å². The van der Waals surface area contributed by atoms with E-state index in [1.54, 1.807) is 7.11 Å². The number of nitriles is 1. The number of hydrogen-bond donors (Lipinski definition) is 1. The average molecular weight is 441 g/mol. The van der Waals surface area contributed by atoms with E-state index in [4.69, 9.17) is 21.9 Å². The van der Waals surface area contributed by atoms with Crippen molar-refractivity contribution in [3.05, 3.63) is 64.1 Å². The molecule has 0 spiro atoms. The first kappa shape index (κ1) is 18.0. The van der Waals surface area contributed by atoms with Crippen molar-refractivity contribution in [2.75, 3.05) is 20.2 Å². The molecule has 0 radical (unpaired) electrons. The van der Waals surface area contributed by atoms with Gasteiger partial charge >= 0.3 is 0 Å². The number of thiocarbonyl (C=S) groups is 1. The number of amidine groups is 1. The summed E-state index contributed by atoms with van der Waals surface area (Å²) in [7, 11) is 1.65. The number of aliphatic imine (C=N–C) groups is 1. The predicted molar refractivity (Wildman–Crippen MR) is 112 cm³/mol. The van der Waals surface area contributed by atoms with E-state index in [9.17, 15) is 5.26 Å². The lowest BCUT2D eigenvalue weighted by Crippen LogP contribution is -2.47. The lowest BCUT2D eigenvalue weighted by Gasteiger charge is -2.34. The number of halogens is 1. The Labute approximate surface area is 171 Å². The molecule has 0 bridgehead atoms. The van der Waals surface area contributed by atoms with Crippen molar-refractivity contribution in [1.29, 1.82) is 5.26 Å². The fraction of sp³-hybridized carbons (Fsp3) is 0.250. The highest BCUT2D eigenvalue weighted by molar-refractivity contribution is 9.10. The van der Waals surface area contributed by atoms with Crippen molar-refractivity contribution < 1.29 is 4.74 Å². The van der Waals surface area contributed by atoms with Crippen molar-refractivity contribution in [3.8, 4) is 11.8 Å². The van der Waals surface area contributed by atoms with Crippen LogP contribution in [0.1, 0.15) is 11.1 Å². The molecule has 2 heterocycles. The second kappa shape index (κ2) is 6.95. The van der Waals surface area contributed by atoms with Gasteiger partial charge in [0.05, 0.1) is 25.6 Å². The van der Waals surface area contributed by atoms with Crippen molar-refractivity contribution in [3.63, 3.8) is 0 Å². The van der Waals surface area contributed by atoms with Crippen LogP contribution in [0.4, 0.5) is 0 Å². The lowest BCUT2D eigenvalue weighted by atomic mass is 9.81. The highest BCUT2D eigenvalue weighted by atomic mass is 79.9. The first-order valence-electron chi connectivity index (χ1n) is 8.53. The summed E-state index contributed by atoms with van der Waals surface area (Å²) in [5.74, 6) is 1.46. The summed E-state index contributed by atoms with van der Waals surface area (Å²) in [6.07, 6.45) is 0. The van der Waals surface area contributed by atoms with Gasteiger partial charge in [0.15, 0.2) is 5.11 Å². The second-order valence-electron chi connectivity index (χ2n) is 6.52. The third kappa shape index (κ3) is 2.89. The third-order valence-electron chi connectivity index (χ3n) is 4.96. The molecule has 1 saturated heterocycles. The van der Waals surface area contributed by atoms with Crippen LogP contribution in [0, 0.1) is 17.2 Å². The van der Waals surface area contributed by atoms with E-state index in [-0.39, 0.29) is 5.92 Å². The SMILES string of the molecule is COc1ccc(C2(c3cccc(Br)c3)NC(=S)N3CC(C#N)CN=C32)cc1. The molecular weight excluding hydrogens is 424 g/mol. The Morgan fingerprint density at radius 1 is 1.30 bits per heavy atom. The second-order valence-corrected chi connectivity index (χ2v) is 7.82. The number of nitrogens with zero attached hydrogens (tertiary/aromatic N) is 3. The van der Waals surface area contributed by atoms with E-state index >= 15 is 0 Å². The molecule has 2 unspecified atom stereocenters. The lowest BCUT2D eigenvalue weighted by molar-refractivity contribution is 0.414. The van der Waals surface area contributed by atoms with E-state index in [0.29, 0.717) is 18.2 Å². The molecule has 136 valence electrons. The molecular formula is C20H17BrN4OS. The van der Waals surface area contributed by atoms with Crippen molar-refractivity contribution in [2.45, 2.75) is 5.54 Å². The summed E-state index contributed by atoms with van der Waals surface area (Å²) < 4.78 is 6.29. The zero-order valence-electron chi connectivity index (χ0n) is 14.6. The van der Waals surface area contributed by atoms with Crippen LogP contribution in [0.3, 0.4) is 0 Å². The molecule has 0 saturated carbocycles. The van der Waals surface area contributed by atoms with E-state index in [0.717, 1.165) is 27.2 Å². The van der Waals surface area contributed by atoms with Crippen molar-refractivity contribution >= 4 is 39.1 Å². The molecule has 2 aliphatic heterocycles. The molecule has 5 nitrogen and oxygen atoms in total. The van der Waals surface area contributed by atoms with E-state index < -0.39 is 5.54 Å². The van der Waals surface area contributed by atoms with Gasteiger partial charge in [-0.1, -0.05) is 40.2 Å². The van der Waals surface area contributed by atoms with Gasteiger partial charge < -0.3 is 15.0 Å². The van der Waals surface area contributed by atoms with Crippen LogP contribution in [0.15, 0.2) is 58.0 Å². The summed E-state index contributed by atoms with van der Waals surface area (Å²) >= 11 is 9.21. The highest BCUT2D eigenvalue weighted by Gasteiger charge is 2.51. The molecule has 2 aromatic carbocycles. The number of rotatable bonds is 3. The molecule has 0 aromatic heterocycles. The minimum atomic E-state index is -0.701. The maximum Gasteiger partial charge on any atom is 0.175 e. The predicted octanol–water partition coefficient (Wildman–Crippen LogP) is 3.44. The van der Waals surface area contributed by atoms with Crippen LogP contribution in [0.5, 0.6) is 5.75 Å². The molecule has 7 heteroatoms. The Bertz CT molecular complexity index is 969. The molecule has 4 rings (SSSR count). The van der Waals surface area contributed by atoms with Gasteiger partial charge in [0.25, 0.3) is 0 Å². The third-order valence-corrected chi connectivity index (χ3v) is 5.77. The summed E-state index contributed by atoms with van der Waals surface area (Å²) in [5.41, 5.74) is 1.34. The molecule has 1 fully saturated rings. The van der Waals surface area contributed by atoms with Crippen molar-refractivity contribution in [2.24, 2.45) is 10.9 Å². The number of hydrogen-bond acceptors (Lipinski definition) is 4.